The number of ketones is 1. The SMILES string of the molecule is CN(C)S(=O)(=O)c1ccc(Cl)c(C(=O)OCC(=O)c2ccc3c(c2)-c2ccccc2C3)c1. The molecule has 0 aliphatic heterocycles. The number of Topliss-reactive ketones (excluding diaryl/α,β-unsaturated/α-hetero) is 1. The van der Waals surface area contributed by atoms with Gasteiger partial charge in [0.15, 0.2) is 12.4 Å². The van der Waals surface area contributed by atoms with Crippen molar-refractivity contribution in [1.82, 2.24) is 4.31 Å². The fourth-order valence-electron chi connectivity index (χ4n) is 3.62. The van der Waals surface area contributed by atoms with Gasteiger partial charge >= 0.3 is 5.97 Å². The third-order valence-corrected chi connectivity index (χ3v) is 7.53. The molecule has 0 heterocycles. The first kappa shape index (κ1) is 22.2. The normalized spacial score (nSPS) is 12.4. The summed E-state index contributed by atoms with van der Waals surface area (Å²) in [5.41, 5.74) is 4.77. The van der Waals surface area contributed by atoms with Gasteiger partial charge in [0, 0.05) is 19.7 Å². The first-order chi connectivity index (χ1) is 15.2. The average molecular weight is 470 g/mol. The summed E-state index contributed by atoms with van der Waals surface area (Å²) in [5.74, 6) is -1.23. The fraction of sp³-hybridized carbons (Fsp3) is 0.167. The molecule has 1 aliphatic rings. The van der Waals surface area contributed by atoms with E-state index in [1.54, 1.807) is 6.07 Å². The first-order valence-corrected chi connectivity index (χ1v) is 11.6. The van der Waals surface area contributed by atoms with Crippen LogP contribution in [0.1, 0.15) is 31.8 Å². The number of esters is 1. The number of carbonyl (C=O) groups excluding carboxylic acids is 2. The van der Waals surface area contributed by atoms with Gasteiger partial charge in [-0.2, -0.15) is 0 Å². The van der Waals surface area contributed by atoms with Gasteiger partial charge < -0.3 is 4.74 Å². The van der Waals surface area contributed by atoms with Crippen molar-refractivity contribution in [3.05, 3.63) is 87.9 Å². The summed E-state index contributed by atoms with van der Waals surface area (Å²) >= 11 is 6.07. The Hall–Kier alpha value is -3.00. The van der Waals surface area contributed by atoms with Crippen LogP contribution in [-0.2, 0) is 21.2 Å². The van der Waals surface area contributed by atoms with E-state index in [0.29, 0.717) is 5.56 Å². The van der Waals surface area contributed by atoms with E-state index in [1.165, 1.54) is 31.8 Å². The molecule has 0 bridgehead atoms. The minimum absolute atomic E-state index is 0.0364. The van der Waals surface area contributed by atoms with Gasteiger partial charge in [-0.1, -0.05) is 48.0 Å². The third-order valence-electron chi connectivity index (χ3n) is 5.39. The lowest BCUT2D eigenvalue weighted by Crippen LogP contribution is -2.22. The number of carbonyl (C=O) groups is 2. The van der Waals surface area contributed by atoms with E-state index < -0.39 is 22.6 Å². The largest absolute Gasteiger partial charge is 0.454 e. The third kappa shape index (κ3) is 4.07. The summed E-state index contributed by atoms with van der Waals surface area (Å²) < 4.78 is 30.8. The molecule has 164 valence electrons. The van der Waals surface area contributed by atoms with Crippen molar-refractivity contribution in [2.75, 3.05) is 20.7 Å². The molecule has 3 aromatic carbocycles. The average Bonchev–Trinajstić information content (AvgIpc) is 3.15. The second-order valence-electron chi connectivity index (χ2n) is 7.63. The molecule has 0 radical (unpaired) electrons. The van der Waals surface area contributed by atoms with E-state index in [9.17, 15) is 18.0 Å². The summed E-state index contributed by atoms with van der Waals surface area (Å²) in [4.78, 5) is 25.1. The number of hydrogen-bond donors (Lipinski definition) is 0. The maximum Gasteiger partial charge on any atom is 0.340 e. The summed E-state index contributed by atoms with van der Waals surface area (Å²) in [6, 6.07) is 17.2. The van der Waals surface area contributed by atoms with Crippen LogP contribution in [0.15, 0.2) is 65.6 Å². The zero-order valence-corrected chi connectivity index (χ0v) is 19.0. The number of nitrogens with zero attached hydrogens (tertiary/aromatic N) is 1. The van der Waals surface area contributed by atoms with Gasteiger partial charge in [0.2, 0.25) is 10.0 Å². The molecule has 0 saturated carbocycles. The second-order valence-corrected chi connectivity index (χ2v) is 10.2. The molecule has 0 N–H and O–H groups in total. The number of benzene rings is 3. The molecule has 0 saturated heterocycles. The maximum absolute atomic E-state index is 12.7. The van der Waals surface area contributed by atoms with E-state index in [1.807, 2.05) is 30.3 Å². The van der Waals surface area contributed by atoms with Gasteiger partial charge in [-0.3, -0.25) is 4.79 Å². The van der Waals surface area contributed by atoms with Gasteiger partial charge in [-0.15, -0.1) is 0 Å². The molecule has 1 aliphatic carbocycles. The van der Waals surface area contributed by atoms with E-state index in [0.717, 1.165) is 33.5 Å². The molecule has 32 heavy (non-hydrogen) atoms. The standard InChI is InChI=1S/C24H20ClNO5S/c1-26(2)32(29,30)18-9-10-22(25)21(13-18)24(28)31-14-23(27)17-8-7-16-11-15-5-3-4-6-19(15)20(16)12-17/h3-10,12-13H,11,14H2,1-2H3. The Bertz CT molecular complexity index is 1350. The Morgan fingerprint density at radius 1 is 0.969 bits per heavy atom. The van der Waals surface area contributed by atoms with Crippen molar-refractivity contribution in [3.8, 4) is 11.1 Å². The topological polar surface area (TPSA) is 80.8 Å². The lowest BCUT2D eigenvalue weighted by Gasteiger charge is -2.13. The number of fused-ring (bicyclic) bond motifs is 3. The highest BCUT2D eigenvalue weighted by Crippen LogP contribution is 2.36. The summed E-state index contributed by atoms with van der Waals surface area (Å²) in [6.45, 7) is -0.486. The molecule has 0 fully saturated rings. The Kier molecular flexibility index (Phi) is 5.90. The van der Waals surface area contributed by atoms with Gasteiger partial charge in [0.05, 0.1) is 15.5 Å². The number of rotatable bonds is 6. The lowest BCUT2D eigenvalue weighted by molar-refractivity contribution is 0.0474. The monoisotopic (exact) mass is 469 g/mol. The van der Waals surface area contributed by atoms with Crippen molar-refractivity contribution in [3.63, 3.8) is 0 Å². The zero-order valence-electron chi connectivity index (χ0n) is 17.5. The van der Waals surface area contributed by atoms with Crippen LogP contribution in [0, 0.1) is 0 Å². The smallest absolute Gasteiger partial charge is 0.340 e. The number of halogens is 1. The van der Waals surface area contributed by atoms with Crippen molar-refractivity contribution < 1.29 is 22.7 Å². The van der Waals surface area contributed by atoms with Crippen LogP contribution in [0.5, 0.6) is 0 Å². The Labute approximate surface area is 191 Å². The molecule has 0 amide bonds. The quantitative estimate of drug-likeness (QED) is 0.312. The van der Waals surface area contributed by atoms with Crippen LogP contribution < -0.4 is 0 Å². The molecule has 6 nitrogen and oxygen atoms in total. The molecule has 0 spiro atoms. The van der Waals surface area contributed by atoms with Crippen molar-refractivity contribution in [2.45, 2.75) is 11.3 Å². The van der Waals surface area contributed by atoms with Crippen LogP contribution in [0.25, 0.3) is 11.1 Å². The number of sulfonamides is 1. The van der Waals surface area contributed by atoms with Crippen LogP contribution in [0.3, 0.4) is 0 Å². The molecule has 3 aromatic rings. The van der Waals surface area contributed by atoms with Gasteiger partial charge in [0.1, 0.15) is 0 Å². The molecule has 0 aromatic heterocycles. The molecular formula is C24H20ClNO5S. The highest BCUT2D eigenvalue weighted by atomic mass is 35.5. The van der Waals surface area contributed by atoms with Crippen molar-refractivity contribution >= 4 is 33.4 Å². The first-order valence-electron chi connectivity index (χ1n) is 9.82. The van der Waals surface area contributed by atoms with E-state index >= 15 is 0 Å². The Morgan fingerprint density at radius 3 is 2.44 bits per heavy atom. The van der Waals surface area contributed by atoms with Crippen LogP contribution in [0.2, 0.25) is 5.02 Å². The summed E-state index contributed by atoms with van der Waals surface area (Å²) in [7, 11) is -0.985. The van der Waals surface area contributed by atoms with Gasteiger partial charge in [-0.25, -0.2) is 17.5 Å². The molecule has 4 rings (SSSR count). The second kappa shape index (κ2) is 8.50. The Balaban J connectivity index is 1.51. The molecular weight excluding hydrogens is 450 g/mol. The molecule has 8 heteroatoms. The molecule has 0 unspecified atom stereocenters. The minimum atomic E-state index is -3.75. The summed E-state index contributed by atoms with van der Waals surface area (Å²) in [6.07, 6.45) is 0.819. The predicted molar refractivity (Wildman–Crippen MR) is 122 cm³/mol. The van der Waals surface area contributed by atoms with Gasteiger partial charge in [0.25, 0.3) is 0 Å². The van der Waals surface area contributed by atoms with E-state index in [4.69, 9.17) is 16.3 Å². The minimum Gasteiger partial charge on any atom is -0.454 e. The highest BCUT2D eigenvalue weighted by Gasteiger charge is 2.23. The van der Waals surface area contributed by atoms with Crippen LogP contribution in [-0.4, -0.2) is 45.2 Å². The van der Waals surface area contributed by atoms with E-state index in [2.05, 4.69) is 6.07 Å². The maximum atomic E-state index is 12.7. The van der Waals surface area contributed by atoms with Crippen LogP contribution >= 0.6 is 11.6 Å². The zero-order chi connectivity index (χ0) is 23.0. The Morgan fingerprint density at radius 2 is 1.69 bits per heavy atom. The number of ether oxygens (including phenoxy) is 1. The van der Waals surface area contributed by atoms with Crippen molar-refractivity contribution in [2.24, 2.45) is 0 Å². The van der Waals surface area contributed by atoms with Crippen molar-refractivity contribution in [1.29, 1.82) is 0 Å². The fourth-order valence-corrected chi connectivity index (χ4v) is 4.74. The van der Waals surface area contributed by atoms with Crippen LogP contribution in [0.4, 0.5) is 0 Å². The highest BCUT2D eigenvalue weighted by molar-refractivity contribution is 7.89. The van der Waals surface area contributed by atoms with Gasteiger partial charge in [-0.05, 0) is 52.9 Å². The number of hydrogen-bond acceptors (Lipinski definition) is 5. The molecule has 0 atom stereocenters. The van der Waals surface area contributed by atoms with E-state index in [-0.39, 0.29) is 21.3 Å². The summed E-state index contributed by atoms with van der Waals surface area (Å²) in [5, 5.41) is 0.0364. The predicted octanol–water partition coefficient (Wildman–Crippen LogP) is 4.20. The lowest BCUT2D eigenvalue weighted by atomic mass is 10.0.